The van der Waals surface area contributed by atoms with Crippen LogP contribution in [0.2, 0.25) is 5.02 Å². The standard InChI is InChI=1S/C12H8ClF3O3/c1-5-2-6-4-7(11(17)18)10(12(14,15)16)19-9(6)8(13)3-5/h2-4,10H,1H3,(H,17,18)/i1D. The van der Waals surface area contributed by atoms with E-state index in [9.17, 15) is 18.0 Å². The zero-order chi connectivity index (χ0) is 15.1. The Morgan fingerprint density at radius 1 is 1.53 bits per heavy atom. The van der Waals surface area contributed by atoms with Crippen LogP contribution in [0.5, 0.6) is 5.75 Å². The van der Waals surface area contributed by atoms with Crippen molar-refractivity contribution in [1.82, 2.24) is 0 Å². The molecule has 19 heavy (non-hydrogen) atoms. The molecule has 1 aromatic carbocycles. The van der Waals surface area contributed by atoms with Crippen molar-refractivity contribution >= 4 is 23.6 Å². The lowest BCUT2D eigenvalue weighted by molar-refractivity contribution is -0.187. The highest BCUT2D eigenvalue weighted by Crippen LogP contribution is 2.41. The molecule has 0 spiro atoms. The van der Waals surface area contributed by atoms with Gasteiger partial charge in [-0.3, -0.25) is 0 Å². The summed E-state index contributed by atoms with van der Waals surface area (Å²) in [6.07, 6.45) is -6.55. The Kier molecular flexibility index (Phi) is 2.89. The van der Waals surface area contributed by atoms with Crippen molar-refractivity contribution in [3.05, 3.63) is 33.9 Å². The molecule has 0 saturated heterocycles. The van der Waals surface area contributed by atoms with E-state index < -0.39 is 23.8 Å². The van der Waals surface area contributed by atoms with Crippen LogP contribution in [0.1, 0.15) is 12.5 Å². The number of aliphatic carboxylic acids is 1. The molecule has 1 heterocycles. The molecule has 0 aromatic heterocycles. The average Bonchev–Trinajstić information content (AvgIpc) is 2.35. The number of rotatable bonds is 1. The number of carboxylic acid groups (broad SMARTS) is 1. The fourth-order valence-corrected chi connectivity index (χ4v) is 2.04. The maximum absolute atomic E-state index is 12.8. The third-order valence-corrected chi connectivity index (χ3v) is 2.79. The molecular formula is C12H8ClF3O3. The lowest BCUT2D eigenvalue weighted by Gasteiger charge is -2.27. The molecule has 1 aliphatic rings. The van der Waals surface area contributed by atoms with Gasteiger partial charge in [0, 0.05) is 6.93 Å². The summed E-state index contributed by atoms with van der Waals surface area (Å²) in [5.74, 6) is -1.94. The molecular weight excluding hydrogens is 285 g/mol. The third-order valence-electron chi connectivity index (χ3n) is 2.51. The molecule has 0 radical (unpaired) electrons. The van der Waals surface area contributed by atoms with Crippen LogP contribution in [0, 0.1) is 6.90 Å². The summed E-state index contributed by atoms with van der Waals surface area (Å²) in [7, 11) is 0. The van der Waals surface area contributed by atoms with Gasteiger partial charge in [0.1, 0.15) is 5.75 Å². The highest BCUT2D eigenvalue weighted by atomic mass is 35.5. The van der Waals surface area contributed by atoms with Gasteiger partial charge < -0.3 is 9.84 Å². The van der Waals surface area contributed by atoms with E-state index in [1.54, 1.807) is 0 Å². The van der Waals surface area contributed by atoms with E-state index >= 15 is 0 Å². The van der Waals surface area contributed by atoms with Gasteiger partial charge in [-0.1, -0.05) is 11.6 Å². The Labute approximate surface area is 112 Å². The summed E-state index contributed by atoms with van der Waals surface area (Å²) in [4.78, 5) is 10.9. The zero-order valence-electron chi connectivity index (χ0n) is 10.3. The summed E-state index contributed by atoms with van der Waals surface area (Å²) in [6.45, 7) is -0.133. The van der Waals surface area contributed by atoms with E-state index in [1.807, 2.05) is 0 Å². The Balaban J connectivity index is 2.60. The van der Waals surface area contributed by atoms with Gasteiger partial charge in [0.2, 0.25) is 6.10 Å². The minimum Gasteiger partial charge on any atom is -0.478 e. The van der Waals surface area contributed by atoms with Crippen LogP contribution in [0.15, 0.2) is 17.7 Å². The predicted molar refractivity (Wildman–Crippen MR) is 62.3 cm³/mol. The number of carboxylic acids is 1. The molecule has 2 rings (SSSR count). The molecule has 0 aliphatic carbocycles. The van der Waals surface area contributed by atoms with Gasteiger partial charge in [-0.05, 0) is 30.7 Å². The predicted octanol–water partition coefficient (Wildman–Crippen LogP) is 3.44. The quantitative estimate of drug-likeness (QED) is 0.863. The summed E-state index contributed by atoms with van der Waals surface area (Å²) < 4.78 is 50.4. The molecule has 3 nitrogen and oxygen atoms in total. The Hall–Kier alpha value is -1.69. The Morgan fingerprint density at radius 2 is 2.21 bits per heavy atom. The summed E-state index contributed by atoms with van der Waals surface area (Å²) >= 11 is 5.82. The maximum Gasteiger partial charge on any atom is 0.430 e. The highest BCUT2D eigenvalue weighted by molar-refractivity contribution is 6.32. The summed E-state index contributed by atoms with van der Waals surface area (Å²) in [6, 6.07) is 2.70. The van der Waals surface area contributed by atoms with Gasteiger partial charge in [0.25, 0.3) is 0 Å². The first kappa shape index (κ1) is 12.3. The first-order chi connectivity index (χ1) is 9.24. The number of carbonyl (C=O) groups is 1. The molecule has 1 aliphatic heterocycles. The molecule has 0 saturated carbocycles. The van der Waals surface area contributed by atoms with E-state index in [-0.39, 0.29) is 23.2 Å². The molecule has 102 valence electrons. The first-order valence-electron chi connectivity index (χ1n) is 5.74. The third kappa shape index (κ3) is 2.53. The number of fused-ring (bicyclic) bond motifs is 1. The highest BCUT2D eigenvalue weighted by Gasteiger charge is 2.48. The van der Waals surface area contributed by atoms with Crippen molar-refractivity contribution in [2.75, 3.05) is 0 Å². The molecule has 1 atom stereocenters. The Morgan fingerprint density at radius 3 is 2.74 bits per heavy atom. The second-order valence-corrected chi connectivity index (χ2v) is 4.35. The van der Waals surface area contributed by atoms with Gasteiger partial charge in [-0.25, -0.2) is 4.79 Å². The number of halogens is 4. The van der Waals surface area contributed by atoms with Crippen molar-refractivity contribution < 1.29 is 29.2 Å². The molecule has 1 unspecified atom stereocenters. The van der Waals surface area contributed by atoms with Crippen molar-refractivity contribution in [2.45, 2.75) is 19.2 Å². The normalized spacial score (nSPS) is 19.1. The largest absolute Gasteiger partial charge is 0.478 e. The van der Waals surface area contributed by atoms with Crippen molar-refractivity contribution in [1.29, 1.82) is 0 Å². The van der Waals surface area contributed by atoms with Gasteiger partial charge in [0.05, 0.1) is 10.6 Å². The summed E-state index contributed by atoms with van der Waals surface area (Å²) in [5, 5.41) is 8.79. The Bertz CT molecular complexity index is 598. The van der Waals surface area contributed by atoms with Crippen LogP contribution in [-0.2, 0) is 4.79 Å². The minimum atomic E-state index is -4.86. The smallest absolute Gasteiger partial charge is 0.430 e. The second-order valence-electron chi connectivity index (χ2n) is 3.94. The van der Waals surface area contributed by atoms with Gasteiger partial charge in [0.15, 0.2) is 0 Å². The summed E-state index contributed by atoms with van der Waals surface area (Å²) in [5.41, 5.74) is -0.343. The molecule has 1 N–H and O–H groups in total. The van der Waals surface area contributed by atoms with Crippen LogP contribution in [0.3, 0.4) is 0 Å². The number of benzene rings is 1. The van der Waals surface area contributed by atoms with Crippen molar-refractivity contribution in [3.8, 4) is 5.75 Å². The molecule has 0 amide bonds. The van der Waals surface area contributed by atoms with Crippen LogP contribution >= 0.6 is 11.6 Å². The lowest BCUT2D eigenvalue weighted by atomic mass is 10.00. The van der Waals surface area contributed by atoms with Crippen molar-refractivity contribution in [2.24, 2.45) is 0 Å². The molecule has 1 aromatic rings. The topological polar surface area (TPSA) is 46.5 Å². The van der Waals surface area contributed by atoms with Gasteiger partial charge in [-0.2, -0.15) is 13.2 Å². The van der Waals surface area contributed by atoms with Gasteiger partial charge >= 0.3 is 12.1 Å². The number of hydrogen-bond acceptors (Lipinski definition) is 2. The van der Waals surface area contributed by atoms with E-state index in [0.29, 0.717) is 5.56 Å². The monoisotopic (exact) mass is 293 g/mol. The minimum absolute atomic E-state index is 0.0836. The van der Waals surface area contributed by atoms with E-state index in [0.717, 1.165) is 6.08 Å². The number of aryl methyl sites for hydroxylation is 1. The van der Waals surface area contributed by atoms with Crippen LogP contribution in [-0.4, -0.2) is 23.4 Å². The maximum atomic E-state index is 12.8. The van der Waals surface area contributed by atoms with Gasteiger partial charge in [-0.15, -0.1) is 0 Å². The lowest BCUT2D eigenvalue weighted by Crippen LogP contribution is -2.40. The number of hydrogen-bond donors (Lipinski definition) is 1. The SMILES string of the molecule is [2H]Cc1cc(Cl)c2c(c1)C=C(C(=O)O)C(C(F)(F)F)O2. The van der Waals surface area contributed by atoms with Crippen LogP contribution in [0.4, 0.5) is 13.2 Å². The van der Waals surface area contributed by atoms with Crippen LogP contribution < -0.4 is 4.74 Å². The average molecular weight is 294 g/mol. The van der Waals surface area contributed by atoms with E-state index in [4.69, 9.17) is 22.8 Å². The number of alkyl halides is 3. The fraction of sp³-hybridized carbons (Fsp3) is 0.250. The zero-order valence-corrected chi connectivity index (χ0v) is 10.0. The van der Waals surface area contributed by atoms with E-state index in [2.05, 4.69) is 0 Å². The number of ether oxygens (including phenoxy) is 1. The molecule has 0 bridgehead atoms. The van der Waals surface area contributed by atoms with E-state index in [1.165, 1.54) is 12.1 Å². The molecule has 7 heteroatoms. The first-order valence-corrected chi connectivity index (χ1v) is 5.41. The molecule has 0 fully saturated rings. The fourth-order valence-electron chi connectivity index (χ4n) is 1.75. The second kappa shape index (κ2) is 4.45. The van der Waals surface area contributed by atoms with Crippen LogP contribution in [0.25, 0.3) is 6.08 Å². The van der Waals surface area contributed by atoms with Crippen molar-refractivity contribution in [3.63, 3.8) is 0 Å².